The standard InChI is InChI=1S/C12H24O2S2/c1-2-10(13)9-11(14)5-3-6-12-15-7-4-8-16-12/h10-14H,2-9H2,1H3/t10-,11-/m1/s1. The SMILES string of the molecule is CC[C@@H](O)C[C@H](O)CCCC1SCCCS1. The smallest absolute Gasteiger partial charge is 0.0564 e. The van der Waals surface area contributed by atoms with Crippen molar-refractivity contribution in [2.45, 2.75) is 62.2 Å². The molecule has 1 heterocycles. The Morgan fingerprint density at radius 3 is 2.50 bits per heavy atom. The van der Waals surface area contributed by atoms with Gasteiger partial charge in [-0.25, -0.2) is 0 Å². The van der Waals surface area contributed by atoms with E-state index in [0.717, 1.165) is 23.8 Å². The zero-order valence-corrected chi connectivity index (χ0v) is 11.7. The van der Waals surface area contributed by atoms with Gasteiger partial charge < -0.3 is 10.2 Å². The molecule has 0 aromatic carbocycles. The Hall–Kier alpha value is 0.620. The van der Waals surface area contributed by atoms with Crippen molar-refractivity contribution >= 4 is 23.5 Å². The summed E-state index contributed by atoms with van der Waals surface area (Å²) in [4.78, 5) is 0. The average Bonchev–Trinajstić information content (AvgIpc) is 2.30. The lowest BCUT2D eigenvalue weighted by Crippen LogP contribution is -2.17. The van der Waals surface area contributed by atoms with Crippen LogP contribution in [0.3, 0.4) is 0 Å². The fraction of sp³-hybridized carbons (Fsp3) is 1.00. The van der Waals surface area contributed by atoms with Crippen LogP contribution in [0.25, 0.3) is 0 Å². The Bertz CT molecular complexity index is 172. The molecule has 1 aliphatic rings. The van der Waals surface area contributed by atoms with Crippen LogP contribution >= 0.6 is 23.5 Å². The molecule has 0 spiro atoms. The first-order valence-corrected chi connectivity index (χ1v) is 8.41. The Balaban J connectivity index is 2.00. The first kappa shape index (κ1) is 14.7. The van der Waals surface area contributed by atoms with Crippen LogP contribution in [0, 0.1) is 0 Å². The number of thioether (sulfide) groups is 2. The summed E-state index contributed by atoms with van der Waals surface area (Å²) < 4.78 is 0.747. The summed E-state index contributed by atoms with van der Waals surface area (Å²) in [5.74, 6) is 2.60. The van der Waals surface area contributed by atoms with Crippen molar-refractivity contribution in [1.29, 1.82) is 0 Å². The van der Waals surface area contributed by atoms with E-state index >= 15 is 0 Å². The second-order valence-electron chi connectivity index (χ2n) is 4.41. The maximum atomic E-state index is 9.71. The highest BCUT2D eigenvalue weighted by Gasteiger charge is 2.15. The Kier molecular flexibility index (Phi) is 7.96. The van der Waals surface area contributed by atoms with Gasteiger partial charge in [-0.1, -0.05) is 6.92 Å². The van der Waals surface area contributed by atoms with Crippen LogP contribution in [-0.4, -0.2) is 38.5 Å². The molecule has 0 aromatic rings. The van der Waals surface area contributed by atoms with E-state index in [1.54, 1.807) is 0 Å². The van der Waals surface area contributed by atoms with E-state index in [1.165, 1.54) is 24.3 Å². The molecule has 1 rings (SSSR count). The Morgan fingerprint density at radius 2 is 1.88 bits per heavy atom. The van der Waals surface area contributed by atoms with Crippen molar-refractivity contribution in [3.05, 3.63) is 0 Å². The zero-order chi connectivity index (χ0) is 11.8. The van der Waals surface area contributed by atoms with Crippen molar-refractivity contribution in [3.63, 3.8) is 0 Å². The van der Waals surface area contributed by atoms with Crippen LogP contribution in [0.15, 0.2) is 0 Å². The summed E-state index contributed by atoms with van der Waals surface area (Å²) >= 11 is 4.13. The molecule has 0 amide bonds. The van der Waals surface area contributed by atoms with Crippen LogP contribution in [0.4, 0.5) is 0 Å². The molecule has 1 fully saturated rings. The summed E-state index contributed by atoms with van der Waals surface area (Å²) in [5.41, 5.74) is 0. The van der Waals surface area contributed by atoms with Crippen molar-refractivity contribution < 1.29 is 10.2 Å². The van der Waals surface area contributed by atoms with Crippen LogP contribution in [0.1, 0.15) is 45.4 Å². The molecular formula is C12H24O2S2. The summed E-state index contributed by atoms with van der Waals surface area (Å²) in [7, 11) is 0. The summed E-state index contributed by atoms with van der Waals surface area (Å²) in [6.07, 6.45) is 5.12. The van der Waals surface area contributed by atoms with Gasteiger partial charge in [0.05, 0.1) is 16.8 Å². The third-order valence-electron chi connectivity index (χ3n) is 2.89. The van der Waals surface area contributed by atoms with Gasteiger partial charge >= 0.3 is 0 Å². The van der Waals surface area contributed by atoms with Crippen LogP contribution in [0.2, 0.25) is 0 Å². The number of aliphatic hydroxyl groups excluding tert-OH is 2. The fourth-order valence-corrected chi connectivity index (χ4v) is 4.78. The minimum Gasteiger partial charge on any atom is -0.393 e. The molecule has 4 heteroatoms. The molecule has 2 nitrogen and oxygen atoms in total. The van der Waals surface area contributed by atoms with Crippen LogP contribution < -0.4 is 0 Å². The predicted octanol–water partition coefficient (Wildman–Crippen LogP) is 2.87. The Morgan fingerprint density at radius 1 is 1.19 bits per heavy atom. The molecule has 2 N–H and O–H groups in total. The monoisotopic (exact) mass is 264 g/mol. The van der Waals surface area contributed by atoms with Gasteiger partial charge in [-0.3, -0.25) is 0 Å². The largest absolute Gasteiger partial charge is 0.393 e. The topological polar surface area (TPSA) is 40.5 Å². The normalized spacial score (nSPS) is 21.9. The molecule has 0 radical (unpaired) electrons. The van der Waals surface area contributed by atoms with Crippen molar-refractivity contribution in [1.82, 2.24) is 0 Å². The van der Waals surface area contributed by atoms with Crippen LogP contribution in [-0.2, 0) is 0 Å². The molecule has 0 aromatic heterocycles. The van der Waals surface area contributed by atoms with Gasteiger partial charge in [0.2, 0.25) is 0 Å². The van der Waals surface area contributed by atoms with Gasteiger partial charge in [0.15, 0.2) is 0 Å². The number of hydrogen-bond donors (Lipinski definition) is 2. The second-order valence-corrected chi connectivity index (χ2v) is 7.33. The number of hydrogen-bond acceptors (Lipinski definition) is 4. The van der Waals surface area contributed by atoms with Crippen molar-refractivity contribution in [3.8, 4) is 0 Å². The lowest BCUT2D eigenvalue weighted by atomic mass is 10.0. The van der Waals surface area contributed by atoms with Gasteiger partial charge in [0.1, 0.15) is 0 Å². The third kappa shape index (κ3) is 6.38. The molecule has 16 heavy (non-hydrogen) atoms. The van der Waals surface area contributed by atoms with E-state index in [4.69, 9.17) is 0 Å². The lowest BCUT2D eigenvalue weighted by Gasteiger charge is -2.21. The Labute approximate surface area is 108 Å². The first-order valence-electron chi connectivity index (χ1n) is 6.31. The second kappa shape index (κ2) is 8.67. The van der Waals surface area contributed by atoms with Gasteiger partial charge in [-0.05, 0) is 50.0 Å². The number of rotatable bonds is 7. The first-order chi connectivity index (χ1) is 7.72. The van der Waals surface area contributed by atoms with Gasteiger partial charge in [0.25, 0.3) is 0 Å². The van der Waals surface area contributed by atoms with Crippen molar-refractivity contribution in [2.24, 2.45) is 0 Å². The van der Waals surface area contributed by atoms with E-state index in [9.17, 15) is 10.2 Å². The van der Waals surface area contributed by atoms with Crippen LogP contribution in [0.5, 0.6) is 0 Å². The highest BCUT2D eigenvalue weighted by molar-refractivity contribution is 8.17. The van der Waals surface area contributed by atoms with E-state index in [0.29, 0.717) is 6.42 Å². The van der Waals surface area contributed by atoms with E-state index < -0.39 is 0 Å². The lowest BCUT2D eigenvalue weighted by molar-refractivity contribution is 0.0724. The quantitative estimate of drug-likeness (QED) is 0.742. The molecule has 0 bridgehead atoms. The van der Waals surface area contributed by atoms with Gasteiger partial charge in [0, 0.05) is 0 Å². The predicted molar refractivity (Wildman–Crippen MR) is 74.1 cm³/mol. The van der Waals surface area contributed by atoms with Crippen molar-refractivity contribution in [2.75, 3.05) is 11.5 Å². The minimum atomic E-state index is -0.326. The molecular weight excluding hydrogens is 240 g/mol. The zero-order valence-electron chi connectivity index (χ0n) is 10.1. The molecule has 0 aliphatic carbocycles. The maximum absolute atomic E-state index is 9.71. The fourth-order valence-electron chi connectivity index (χ4n) is 1.82. The molecule has 1 aliphatic heterocycles. The van der Waals surface area contributed by atoms with E-state index in [1.807, 2.05) is 6.92 Å². The summed E-state index contributed by atoms with van der Waals surface area (Å²) in [6, 6.07) is 0. The highest BCUT2D eigenvalue weighted by atomic mass is 32.2. The number of aliphatic hydroxyl groups is 2. The summed E-state index contributed by atoms with van der Waals surface area (Å²) in [6.45, 7) is 1.95. The molecule has 1 saturated heterocycles. The maximum Gasteiger partial charge on any atom is 0.0564 e. The summed E-state index contributed by atoms with van der Waals surface area (Å²) in [5, 5.41) is 19.1. The molecule has 2 atom stereocenters. The molecule has 0 saturated carbocycles. The average molecular weight is 264 g/mol. The van der Waals surface area contributed by atoms with Gasteiger partial charge in [-0.2, -0.15) is 0 Å². The van der Waals surface area contributed by atoms with Gasteiger partial charge in [-0.15, -0.1) is 23.5 Å². The molecule has 0 unspecified atom stereocenters. The third-order valence-corrected chi connectivity index (χ3v) is 5.97. The highest BCUT2D eigenvalue weighted by Crippen LogP contribution is 2.34. The minimum absolute atomic E-state index is 0.312. The molecule has 96 valence electrons. The van der Waals surface area contributed by atoms with E-state index in [-0.39, 0.29) is 12.2 Å². The van der Waals surface area contributed by atoms with E-state index in [2.05, 4.69) is 23.5 Å².